The summed E-state index contributed by atoms with van der Waals surface area (Å²) in [5.74, 6) is -1.20. The van der Waals surface area contributed by atoms with E-state index in [-0.39, 0.29) is 16.8 Å². The third-order valence-electron chi connectivity index (χ3n) is 3.98. The molecule has 0 saturated carbocycles. The Morgan fingerprint density at radius 2 is 2.21 bits per heavy atom. The van der Waals surface area contributed by atoms with Crippen LogP contribution in [0.5, 0.6) is 0 Å². The summed E-state index contributed by atoms with van der Waals surface area (Å²) >= 11 is 5.66. The molecule has 1 aliphatic rings. The smallest absolute Gasteiger partial charge is 0.253 e. The average Bonchev–Trinajstić information content (AvgIpc) is 2.91. The van der Waals surface area contributed by atoms with Crippen LogP contribution in [0, 0.1) is 12.7 Å². The number of nitrogens with one attached hydrogen (secondary N) is 1. The molecule has 1 saturated heterocycles. The van der Waals surface area contributed by atoms with Gasteiger partial charge in [-0.15, -0.1) is 0 Å². The van der Waals surface area contributed by atoms with Gasteiger partial charge >= 0.3 is 0 Å². The summed E-state index contributed by atoms with van der Waals surface area (Å²) in [6.07, 6.45) is 2.05. The maximum Gasteiger partial charge on any atom is 0.253 e. The third-order valence-corrected chi connectivity index (χ3v) is 4.28. The maximum atomic E-state index is 13.6. The molecule has 124 valence electrons. The lowest BCUT2D eigenvalue weighted by Gasteiger charge is -2.17. The first kappa shape index (κ1) is 16.4. The van der Waals surface area contributed by atoms with Gasteiger partial charge in [0, 0.05) is 24.1 Å². The summed E-state index contributed by atoms with van der Waals surface area (Å²) in [4.78, 5) is 30.3. The van der Waals surface area contributed by atoms with E-state index < -0.39 is 11.9 Å². The molecule has 0 spiro atoms. The average molecular weight is 348 g/mol. The lowest BCUT2D eigenvalue weighted by atomic mass is 10.1. The van der Waals surface area contributed by atoms with Gasteiger partial charge in [0.1, 0.15) is 11.9 Å². The number of hydrogen-bond donors (Lipinski definition) is 1. The van der Waals surface area contributed by atoms with Crippen molar-refractivity contribution < 1.29 is 14.0 Å². The van der Waals surface area contributed by atoms with Crippen LogP contribution < -0.4 is 10.2 Å². The molecule has 1 aliphatic heterocycles. The Balaban J connectivity index is 1.73. The van der Waals surface area contributed by atoms with Gasteiger partial charge in [0.2, 0.25) is 5.91 Å². The number of aromatic nitrogens is 1. The standard InChI is InChI=1S/C17H15ClFN3O2/c1-10-12(3-2-7-20-10)16(23)21-15-6-8-22(17(15)24)11-4-5-13(18)14(19)9-11/h2-5,7,9,15H,6,8H2,1H3,(H,21,23)/t15-/m0/s1. The van der Waals surface area contributed by atoms with Crippen LogP contribution in [0.3, 0.4) is 0 Å². The highest BCUT2D eigenvalue weighted by molar-refractivity contribution is 6.30. The zero-order valence-electron chi connectivity index (χ0n) is 12.9. The van der Waals surface area contributed by atoms with Crippen LogP contribution >= 0.6 is 11.6 Å². The van der Waals surface area contributed by atoms with Gasteiger partial charge in [-0.3, -0.25) is 14.6 Å². The number of pyridine rings is 1. The number of anilines is 1. The Hall–Kier alpha value is -2.47. The van der Waals surface area contributed by atoms with Gasteiger partial charge in [-0.05, 0) is 43.7 Å². The van der Waals surface area contributed by atoms with E-state index in [4.69, 9.17) is 11.6 Å². The lowest BCUT2D eigenvalue weighted by molar-refractivity contribution is -0.118. The van der Waals surface area contributed by atoms with Gasteiger partial charge in [-0.2, -0.15) is 0 Å². The highest BCUT2D eigenvalue weighted by Crippen LogP contribution is 2.26. The highest BCUT2D eigenvalue weighted by Gasteiger charge is 2.34. The Labute approximate surface area is 143 Å². The van der Waals surface area contributed by atoms with E-state index in [2.05, 4.69) is 10.3 Å². The molecule has 0 radical (unpaired) electrons. The molecule has 5 nitrogen and oxygen atoms in total. The van der Waals surface area contributed by atoms with Gasteiger partial charge in [-0.1, -0.05) is 11.6 Å². The van der Waals surface area contributed by atoms with Gasteiger partial charge in [0.25, 0.3) is 5.91 Å². The van der Waals surface area contributed by atoms with Crippen molar-refractivity contribution in [2.45, 2.75) is 19.4 Å². The first-order chi connectivity index (χ1) is 11.5. The van der Waals surface area contributed by atoms with Crippen LogP contribution in [0.1, 0.15) is 22.5 Å². The van der Waals surface area contributed by atoms with Crippen molar-refractivity contribution in [3.8, 4) is 0 Å². The van der Waals surface area contributed by atoms with E-state index in [1.165, 1.54) is 17.0 Å². The van der Waals surface area contributed by atoms with E-state index in [1.807, 2.05) is 0 Å². The first-order valence-corrected chi connectivity index (χ1v) is 7.84. The molecule has 3 rings (SSSR count). The van der Waals surface area contributed by atoms with Crippen LogP contribution in [0.4, 0.5) is 10.1 Å². The molecular formula is C17H15ClFN3O2. The minimum atomic E-state index is -0.643. The number of rotatable bonds is 3. The molecule has 1 aromatic heterocycles. The summed E-state index contributed by atoms with van der Waals surface area (Å²) < 4.78 is 13.6. The monoisotopic (exact) mass is 347 g/mol. The number of benzene rings is 1. The van der Waals surface area contributed by atoms with Gasteiger partial charge in [0.05, 0.1) is 10.6 Å². The summed E-state index contributed by atoms with van der Waals surface area (Å²) in [6, 6.07) is 6.89. The van der Waals surface area contributed by atoms with Crippen molar-refractivity contribution in [2.75, 3.05) is 11.4 Å². The summed E-state index contributed by atoms with van der Waals surface area (Å²) in [6.45, 7) is 2.13. The number of amides is 2. The predicted octanol–water partition coefficient (Wildman–Crippen LogP) is 2.72. The number of carbonyl (C=O) groups is 2. The SMILES string of the molecule is Cc1ncccc1C(=O)N[C@H]1CCN(c2ccc(Cl)c(F)c2)C1=O. The third kappa shape index (κ3) is 3.10. The summed E-state index contributed by atoms with van der Waals surface area (Å²) in [5.41, 5.74) is 1.45. The fraction of sp³-hybridized carbons (Fsp3) is 0.235. The Kier molecular flexibility index (Phi) is 4.49. The molecular weight excluding hydrogens is 333 g/mol. The number of halogens is 2. The topological polar surface area (TPSA) is 62.3 Å². The van der Waals surface area contributed by atoms with Gasteiger partial charge in [-0.25, -0.2) is 4.39 Å². The van der Waals surface area contributed by atoms with Crippen LogP contribution in [0.2, 0.25) is 5.02 Å². The molecule has 1 N–H and O–H groups in total. The van der Waals surface area contributed by atoms with Gasteiger partial charge < -0.3 is 10.2 Å². The normalized spacial score (nSPS) is 17.2. The Bertz CT molecular complexity index is 812. The molecule has 1 fully saturated rings. The minimum Gasteiger partial charge on any atom is -0.340 e. The summed E-state index contributed by atoms with van der Waals surface area (Å²) in [7, 11) is 0. The van der Waals surface area contributed by atoms with E-state index in [9.17, 15) is 14.0 Å². The van der Waals surface area contributed by atoms with Crippen LogP contribution in [0.25, 0.3) is 0 Å². The second kappa shape index (κ2) is 6.57. The number of nitrogens with zero attached hydrogens (tertiary/aromatic N) is 2. The molecule has 2 amide bonds. The van der Waals surface area contributed by atoms with E-state index >= 15 is 0 Å². The Morgan fingerprint density at radius 1 is 1.42 bits per heavy atom. The fourth-order valence-electron chi connectivity index (χ4n) is 2.68. The molecule has 2 heterocycles. The number of carbonyl (C=O) groups excluding carboxylic acids is 2. The van der Waals surface area contributed by atoms with Crippen LogP contribution in [0.15, 0.2) is 36.5 Å². The fourth-order valence-corrected chi connectivity index (χ4v) is 2.80. The number of aryl methyl sites for hydroxylation is 1. The maximum absolute atomic E-state index is 13.6. The molecule has 0 aliphatic carbocycles. The van der Waals surface area contributed by atoms with Gasteiger partial charge in [0.15, 0.2) is 0 Å². The van der Waals surface area contributed by atoms with Crippen molar-refractivity contribution >= 4 is 29.1 Å². The molecule has 2 aromatic rings. The lowest BCUT2D eigenvalue weighted by Crippen LogP contribution is -2.41. The zero-order valence-corrected chi connectivity index (χ0v) is 13.7. The molecule has 7 heteroatoms. The quantitative estimate of drug-likeness (QED) is 0.928. The van der Waals surface area contributed by atoms with Crippen molar-refractivity contribution in [1.29, 1.82) is 0 Å². The molecule has 0 bridgehead atoms. The molecule has 1 aromatic carbocycles. The molecule has 1 atom stereocenters. The van der Waals surface area contributed by atoms with Crippen LogP contribution in [-0.2, 0) is 4.79 Å². The highest BCUT2D eigenvalue weighted by atomic mass is 35.5. The van der Waals surface area contributed by atoms with Crippen molar-refractivity contribution in [2.24, 2.45) is 0 Å². The van der Waals surface area contributed by atoms with Crippen molar-refractivity contribution in [1.82, 2.24) is 10.3 Å². The van der Waals surface area contributed by atoms with Crippen molar-refractivity contribution in [3.05, 3.63) is 58.6 Å². The van der Waals surface area contributed by atoms with Crippen LogP contribution in [-0.4, -0.2) is 29.4 Å². The molecule has 0 unspecified atom stereocenters. The minimum absolute atomic E-state index is 0.00213. The molecule has 24 heavy (non-hydrogen) atoms. The van der Waals surface area contributed by atoms with E-state index in [0.717, 1.165) is 0 Å². The van der Waals surface area contributed by atoms with Crippen molar-refractivity contribution in [3.63, 3.8) is 0 Å². The predicted molar refractivity (Wildman–Crippen MR) is 88.6 cm³/mol. The van der Waals surface area contributed by atoms with E-state index in [1.54, 1.807) is 31.3 Å². The second-order valence-electron chi connectivity index (χ2n) is 5.54. The summed E-state index contributed by atoms with van der Waals surface area (Å²) in [5, 5.41) is 2.72. The first-order valence-electron chi connectivity index (χ1n) is 7.46. The largest absolute Gasteiger partial charge is 0.340 e. The zero-order chi connectivity index (χ0) is 17.3. The Morgan fingerprint density at radius 3 is 2.92 bits per heavy atom. The number of hydrogen-bond acceptors (Lipinski definition) is 3. The van der Waals surface area contributed by atoms with E-state index in [0.29, 0.717) is 29.9 Å². The second-order valence-corrected chi connectivity index (χ2v) is 5.95.